The molecule has 0 saturated carbocycles. The normalized spacial score (nSPS) is 11.9. The summed E-state index contributed by atoms with van der Waals surface area (Å²) in [4.78, 5) is 0.899. The number of hydrogen-bond acceptors (Lipinski definition) is 7. The van der Waals surface area contributed by atoms with E-state index in [0.717, 1.165) is 27.6 Å². The summed E-state index contributed by atoms with van der Waals surface area (Å²) in [6.07, 6.45) is -0.745. The highest BCUT2D eigenvalue weighted by atomic mass is 32.1. The first kappa shape index (κ1) is 17.7. The molecule has 0 aliphatic rings. The van der Waals surface area contributed by atoms with E-state index in [-0.39, 0.29) is 0 Å². The van der Waals surface area contributed by atoms with Gasteiger partial charge in [0, 0.05) is 16.6 Å². The number of aliphatic hydroxyl groups excluding tert-OH is 1. The van der Waals surface area contributed by atoms with Gasteiger partial charge in [0.05, 0.1) is 0 Å². The smallest absolute Gasteiger partial charge is 0.210 e. The molecule has 0 fully saturated rings. The molecule has 1 atom stereocenters. The van der Waals surface area contributed by atoms with Gasteiger partial charge in [-0.15, -0.1) is 21.5 Å². The Hall–Kier alpha value is -2.74. The molecule has 7 heteroatoms. The summed E-state index contributed by atoms with van der Waals surface area (Å²) in [5.74, 6) is 1.51. The summed E-state index contributed by atoms with van der Waals surface area (Å²) in [7, 11) is 0. The van der Waals surface area contributed by atoms with Gasteiger partial charge in [-0.25, -0.2) is 0 Å². The second kappa shape index (κ2) is 7.87. The van der Waals surface area contributed by atoms with E-state index in [1.165, 1.54) is 22.7 Å². The van der Waals surface area contributed by atoms with Crippen molar-refractivity contribution in [3.63, 3.8) is 0 Å². The van der Waals surface area contributed by atoms with Crippen LogP contribution in [0.1, 0.15) is 21.6 Å². The third-order valence-corrected chi connectivity index (χ3v) is 5.85. The minimum Gasteiger partial charge on any atom is -0.457 e. The zero-order chi connectivity index (χ0) is 18.6. The molecule has 2 aromatic carbocycles. The third-order valence-electron chi connectivity index (χ3n) is 3.89. The highest BCUT2D eigenvalue weighted by molar-refractivity contribution is 7.15. The number of thiophene rings is 1. The van der Waals surface area contributed by atoms with E-state index >= 15 is 0 Å². The zero-order valence-electron chi connectivity index (χ0n) is 14.5. The van der Waals surface area contributed by atoms with Crippen molar-refractivity contribution in [2.45, 2.75) is 13.0 Å². The second-order valence-electron chi connectivity index (χ2n) is 5.88. The van der Waals surface area contributed by atoms with E-state index < -0.39 is 6.10 Å². The van der Waals surface area contributed by atoms with Gasteiger partial charge in [-0.3, -0.25) is 0 Å². The topological polar surface area (TPSA) is 67.3 Å². The standard InChI is InChI=1S/C20H17N3O2S2/c1-13-10-11-26-18(13)17(24)19-22-23-20(27-19)21-14-6-5-9-16(12-14)25-15-7-3-2-4-8-15/h2-12,17,24H,1H3,(H,21,23). The van der Waals surface area contributed by atoms with Crippen molar-refractivity contribution in [3.05, 3.63) is 81.5 Å². The van der Waals surface area contributed by atoms with Crippen molar-refractivity contribution in [3.8, 4) is 11.5 Å². The number of ether oxygens (including phenoxy) is 1. The van der Waals surface area contributed by atoms with Crippen LogP contribution < -0.4 is 10.1 Å². The number of nitrogens with one attached hydrogen (secondary N) is 1. The minimum atomic E-state index is -0.745. The second-order valence-corrected chi connectivity index (χ2v) is 7.84. The molecule has 2 heterocycles. The first-order chi connectivity index (χ1) is 13.2. The molecule has 136 valence electrons. The average molecular weight is 396 g/mol. The summed E-state index contributed by atoms with van der Waals surface area (Å²) in [6, 6.07) is 19.2. The lowest BCUT2D eigenvalue weighted by molar-refractivity contribution is 0.222. The first-order valence-corrected chi connectivity index (χ1v) is 10.0. The fourth-order valence-electron chi connectivity index (χ4n) is 2.56. The number of para-hydroxylation sites is 1. The highest BCUT2D eigenvalue weighted by Crippen LogP contribution is 2.33. The molecule has 0 spiro atoms. The quantitative estimate of drug-likeness (QED) is 0.450. The Morgan fingerprint density at radius 3 is 2.59 bits per heavy atom. The van der Waals surface area contributed by atoms with Gasteiger partial charge in [-0.2, -0.15) is 0 Å². The van der Waals surface area contributed by atoms with Crippen LogP contribution in [0.3, 0.4) is 0 Å². The Morgan fingerprint density at radius 2 is 1.81 bits per heavy atom. The average Bonchev–Trinajstić information content (AvgIpc) is 3.31. The highest BCUT2D eigenvalue weighted by Gasteiger charge is 2.19. The number of benzene rings is 2. The number of anilines is 2. The molecule has 2 aromatic heterocycles. The molecule has 0 bridgehead atoms. The van der Waals surface area contributed by atoms with Gasteiger partial charge in [0.2, 0.25) is 5.13 Å². The lowest BCUT2D eigenvalue weighted by atomic mass is 10.2. The van der Waals surface area contributed by atoms with Crippen LogP contribution in [0.15, 0.2) is 66.0 Å². The van der Waals surface area contributed by atoms with Crippen molar-refractivity contribution >= 4 is 33.5 Å². The van der Waals surface area contributed by atoms with Crippen LogP contribution in [0.25, 0.3) is 0 Å². The number of aryl methyl sites for hydroxylation is 1. The van der Waals surface area contributed by atoms with Crippen molar-refractivity contribution < 1.29 is 9.84 Å². The van der Waals surface area contributed by atoms with Crippen molar-refractivity contribution in [2.75, 3.05) is 5.32 Å². The molecule has 4 aromatic rings. The molecule has 0 aliphatic heterocycles. The third kappa shape index (κ3) is 4.16. The molecule has 0 amide bonds. The maximum absolute atomic E-state index is 10.5. The lowest BCUT2D eigenvalue weighted by Crippen LogP contribution is -1.97. The molecule has 5 nitrogen and oxygen atoms in total. The van der Waals surface area contributed by atoms with Crippen LogP contribution in [0.5, 0.6) is 11.5 Å². The van der Waals surface area contributed by atoms with Crippen LogP contribution in [0.4, 0.5) is 10.8 Å². The van der Waals surface area contributed by atoms with E-state index in [1.54, 1.807) is 0 Å². The first-order valence-electron chi connectivity index (χ1n) is 8.34. The summed E-state index contributed by atoms with van der Waals surface area (Å²) >= 11 is 2.86. The fourth-order valence-corrected chi connectivity index (χ4v) is 4.31. The molecule has 2 N–H and O–H groups in total. The number of aliphatic hydroxyl groups is 1. The van der Waals surface area contributed by atoms with E-state index in [0.29, 0.717) is 10.1 Å². The minimum absolute atomic E-state index is 0.569. The van der Waals surface area contributed by atoms with Crippen molar-refractivity contribution in [2.24, 2.45) is 0 Å². The van der Waals surface area contributed by atoms with Crippen LogP contribution in [0.2, 0.25) is 0 Å². The van der Waals surface area contributed by atoms with Gasteiger partial charge in [0.1, 0.15) is 17.6 Å². The van der Waals surface area contributed by atoms with Crippen LogP contribution in [0, 0.1) is 6.92 Å². The summed E-state index contributed by atoms with van der Waals surface area (Å²) in [5.41, 5.74) is 1.90. The van der Waals surface area contributed by atoms with Crippen molar-refractivity contribution in [1.82, 2.24) is 10.2 Å². The van der Waals surface area contributed by atoms with E-state index in [2.05, 4.69) is 15.5 Å². The van der Waals surface area contributed by atoms with E-state index in [4.69, 9.17) is 4.74 Å². The maximum atomic E-state index is 10.5. The predicted octanol–water partition coefficient (Wildman–Crippen LogP) is 5.53. The summed E-state index contributed by atoms with van der Waals surface area (Å²) < 4.78 is 5.85. The molecule has 4 rings (SSSR count). The fraction of sp³-hybridized carbons (Fsp3) is 0.100. The van der Waals surface area contributed by atoms with E-state index in [1.807, 2.05) is 73.0 Å². The lowest BCUT2D eigenvalue weighted by Gasteiger charge is -2.08. The molecule has 27 heavy (non-hydrogen) atoms. The van der Waals surface area contributed by atoms with Gasteiger partial charge in [-0.05, 0) is 48.2 Å². The Bertz CT molecular complexity index is 1030. The SMILES string of the molecule is Cc1ccsc1C(O)c1nnc(Nc2cccc(Oc3ccccc3)c2)s1. The molecule has 0 saturated heterocycles. The van der Waals surface area contributed by atoms with Crippen LogP contribution >= 0.6 is 22.7 Å². The molecular formula is C20H17N3O2S2. The van der Waals surface area contributed by atoms with Gasteiger partial charge in [0.25, 0.3) is 0 Å². The molecule has 0 radical (unpaired) electrons. The Kier molecular flexibility index (Phi) is 5.15. The molecular weight excluding hydrogens is 378 g/mol. The van der Waals surface area contributed by atoms with Gasteiger partial charge in [0.15, 0.2) is 5.01 Å². The number of hydrogen-bond donors (Lipinski definition) is 2. The van der Waals surface area contributed by atoms with Gasteiger partial charge >= 0.3 is 0 Å². The number of aromatic nitrogens is 2. The van der Waals surface area contributed by atoms with Gasteiger partial charge in [-0.1, -0.05) is 35.6 Å². The van der Waals surface area contributed by atoms with Crippen LogP contribution in [-0.4, -0.2) is 15.3 Å². The molecule has 1 unspecified atom stereocenters. The van der Waals surface area contributed by atoms with Crippen molar-refractivity contribution in [1.29, 1.82) is 0 Å². The maximum Gasteiger partial charge on any atom is 0.210 e. The summed E-state index contributed by atoms with van der Waals surface area (Å²) in [5, 5.41) is 25.2. The monoisotopic (exact) mass is 395 g/mol. The predicted molar refractivity (Wildman–Crippen MR) is 109 cm³/mol. The Morgan fingerprint density at radius 1 is 1.00 bits per heavy atom. The number of rotatable bonds is 6. The van der Waals surface area contributed by atoms with E-state index in [9.17, 15) is 5.11 Å². The largest absolute Gasteiger partial charge is 0.457 e. The van der Waals surface area contributed by atoms with Crippen LogP contribution in [-0.2, 0) is 0 Å². The zero-order valence-corrected chi connectivity index (χ0v) is 16.1. The Labute approximate surface area is 164 Å². The number of nitrogens with zero attached hydrogens (tertiary/aromatic N) is 2. The Balaban J connectivity index is 1.48. The molecule has 0 aliphatic carbocycles. The summed E-state index contributed by atoms with van der Waals surface area (Å²) in [6.45, 7) is 1.98. The van der Waals surface area contributed by atoms with Gasteiger partial charge < -0.3 is 15.2 Å².